The molecule has 4 aromatic rings. The average Bonchev–Trinajstić information content (AvgIpc) is 3.44. The lowest BCUT2D eigenvalue weighted by molar-refractivity contribution is -0.113. The highest BCUT2D eigenvalue weighted by Crippen LogP contribution is 2.39. The number of aromatic nitrogens is 1. The fourth-order valence-electron chi connectivity index (χ4n) is 2.53. The molecule has 28 heavy (non-hydrogen) atoms. The minimum absolute atomic E-state index is 0.155. The Morgan fingerprint density at radius 2 is 1.79 bits per heavy atom. The van der Waals surface area contributed by atoms with Crippen molar-refractivity contribution in [1.82, 2.24) is 4.98 Å². The molecular formula is C20H15FN2O3S2. The van der Waals surface area contributed by atoms with E-state index in [-0.39, 0.29) is 17.5 Å². The minimum atomic E-state index is -0.269. The standard InChI is InChI=1S/C20H15FN2O3S2/c21-14-7-5-13(6-8-14)11-27-12-17(24)22-20-23-18(15-3-1-9-25-15)19(28-20)16-4-2-10-26-16/h1-10H,11-12H2,(H,22,23,24). The van der Waals surface area contributed by atoms with Gasteiger partial charge in [0.1, 0.15) is 22.1 Å². The lowest BCUT2D eigenvalue weighted by Crippen LogP contribution is -2.13. The van der Waals surface area contributed by atoms with Gasteiger partial charge in [0.2, 0.25) is 5.91 Å². The Balaban J connectivity index is 1.42. The summed E-state index contributed by atoms with van der Waals surface area (Å²) in [5, 5.41) is 3.30. The number of carbonyl (C=O) groups is 1. The van der Waals surface area contributed by atoms with Gasteiger partial charge in [-0.2, -0.15) is 0 Å². The summed E-state index contributed by atoms with van der Waals surface area (Å²) in [5.41, 5.74) is 1.59. The third-order valence-electron chi connectivity index (χ3n) is 3.79. The predicted molar refractivity (Wildman–Crippen MR) is 109 cm³/mol. The topological polar surface area (TPSA) is 68.3 Å². The van der Waals surface area contributed by atoms with Crippen LogP contribution in [0.1, 0.15) is 5.56 Å². The van der Waals surface area contributed by atoms with Gasteiger partial charge in [0.15, 0.2) is 10.9 Å². The van der Waals surface area contributed by atoms with E-state index in [9.17, 15) is 9.18 Å². The van der Waals surface area contributed by atoms with Gasteiger partial charge < -0.3 is 14.2 Å². The first-order valence-corrected chi connectivity index (χ1v) is 10.4. The second-order valence-electron chi connectivity index (χ2n) is 5.82. The van der Waals surface area contributed by atoms with Crippen molar-refractivity contribution in [2.24, 2.45) is 0 Å². The number of carbonyl (C=O) groups excluding carboxylic acids is 1. The molecule has 1 N–H and O–H groups in total. The van der Waals surface area contributed by atoms with E-state index in [1.165, 1.54) is 35.2 Å². The van der Waals surface area contributed by atoms with Crippen LogP contribution >= 0.6 is 23.1 Å². The Kier molecular flexibility index (Phi) is 5.59. The van der Waals surface area contributed by atoms with Crippen LogP contribution in [0.15, 0.2) is 69.9 Å². The van der Waals surface area contributed by atoms with Gasteiger partial charge >= 0.3 is 0 Å². The number of nitrogens with one attached hydrogen (secondary N) is 1. The fraction of sp³-hybridized carbons (Fsp3) is 0.100. The molecule has 8 heteroatoms. The molecule has 0 unspecified atom stereocenters. The maximum Gasteiger partial charge on any atom is 0.236 e. The zero-order chi connectivity index (χ0) is 19.3. The first-order valence-electron chi connectivity index (χ1n) is 8.39. The average molecular weight is 414 g/mol. The minimum Gasteiger partial charge on any atom is -0.463 e. The molecule has 4 rings (SSSR count). The molecule has 142 valence electrons. The number of hydrogen-bond donors (Lipinski definition) is 1. The highest BCUT2D eigenvalue weighted by Gasteiger charge is 2.19. The monoisotopic (exact) mass is 414 g/mol. The van der Waals surface area contributed by atoms with Crippen LogP contribution in [0.3, 0.4) is 0 Å². The van der Waals surface area contributed by atoms with E-state index in [4.69, 9.17) is 8.83 Å². The summed E-state index contributed by atoms with van der Waals surface area (Å²) in [7, 11) is 0. The van der Waals surface area contributed by atoms with Crippen molar-refractivity contribution in [2.75, 3.05) is 11.1 Å². The molecule has 0 fully saturated rings. The van der Waals surface area contributed by atoms with Crippen molar-refractivity contribution in [1.29, 1.82) is 0 Å². The summed E-state index contributed by atoms with van der Waals surface area (Å²) < 4.78 is 23.9. The van der Waals surface area contributed by atoms with E-state index in [0.29, 0.717) is 28.1 Å². The van der Waals surface area contributed by atoms with Crippen molar-refractivity contribution in [3.63, 3.8) is 0 Å². The van der Waals surface area contributed by atoms with Gasteiger partial charge in [0.25, 0.3) is 0 Å². The van der Waals surface area contributed by atoms with E-state index in [1.807, 2.05) is 12.1 Å². The molecule has 1 amide bonds. The molecule has 0 saturated carbocycles. The quantitative estimate of drug-likeness (QED) is 0.422. The first kappa shape index (κ1) is 18.5. The molecule has 0 bridgehead atoms. The largest absolute Gasteiger partial charge is 0.463 e. The van der Waals surface area contributed by atoms with Gasteiger partial charge in [-0.3, -0.25) is 4.79 Å². The lowest BCUT2D eigenvalue weighted by Gasteiger charge is -2.02. The smallest absolute Gasteiger partial charge is 0.236 e. The van der Waals surface area contributed by atoms with Crippen LogP contribution in [0.4, 0.5) is 9.52 Å². The molecule has 1 aromatic carbocycles. The van der Waals surface area contributed by atoms with Crippen molar-refractivity contribution in [2.45, 2.75) is 5.75 Å². The molecule has 5 nitrogen and oxygen atoms in total. The van der Waals surface area contributed by atoms with E-state index in [0.717, 1.165) is 10.4 Å². The summed E-state index contributed by atoms with van der Waals surface area (Å²) in [6, 6.07) is 13.5. The number of hydrogen-bond acceptors (Lipinski definition) is 6. The third kappa shape index (κ3) is 4.35. The van der Waals surface area contributed by atoms with Crippen molar-refractivity contribution in [3.8, 4) is 22.1 Å². The van der Waals surface area contributed by atoms with Crippen LogP contribution in [0.25, 0.3) is 22.1 Å². The Morgan fingerprint density at radius 3 is 2.46 bits per heavy atom. The van der Waals surface area contributed by atoms with Crippen LogP contribution in [-0.4, -0.2) is 16.6 Å². The normalized spacial score (nSPS) is 10.9. The SMILES string of the molecule is O=C(CSCc1ccc(F)cc1)Nc1nc(-c2ccco2)c(-c2ccco2)s1. The van der Waals surface area contributed by atoms with E-state index >= 15 is 0 Å². The lowest BCUT2D eigenvalue weighted by atomic mass is 10.2. The highest BCUT2D eigenvalue weighted by molar-refractivity contribution is 7.99. The number of benzene rings is 1. The molecule has 0 saturated heterocycles. The second-order valence-corrected chi connectivity index (χ2v) is 7.80. The van der Waals surface area contributed by atoms with E-state index in [2.05, 4.69) is 10.3 Å². The summed E-state index contributed by atoms with van der Waals surface area (Å²) in [5.74, 6) is 1.74. The number of anilines is 1. The first-order chi connectivity index (χ1) is 13.7. The van der Waals surface area contributed by atoms with Gasteiger partial charge in [-0.25, -0.2) is 9.37 Å². The molecule has 3 heterocycles. The number of furan rings is 2. The van der Waals surface area contributed by atoms with Crippen LogP contribution in [-0.2, 0) is 10.5 Å². The van der Waals surface area contributed by atoms with Crippen molar-refractivity contribution in [3.05, 3.63) is 72.4 Å². The fourth-order valence-corrected chi connectivity index (χ4v) is 4.27. The maximum atomic E-state index is 12.9. The van der Waals surface area contributed by atoms with Crippen LogP contribution in [0, 0.1) is 5.82 Å². The summed E-state index contributed by atoms with van der Waals surface area (Å²) in [6.45, 7) is 0. The Bertz CT molecular complexity index is 990. The predicted octanol–water partition coefficient (Wildman–Crippen LogP) is 5.67. The van der Waals surface area contributed by atoms with Crippen LogP contribution < -0.4 is 5.32 Å². The van der Waals surface area contributed by atoms with Crippen LogP contribution in [0.5, 0.6) is 0 Å². The van der Waals surface area contributed by atoms with Gasteiger partial charge in [0.05, 0.1) is 18.3 Å². The number of halogens is 1. The number of rotatable bonds is 7. The second kappa shape index (κ2) is 8.45. The molecular weight excluding hydrogens is 399 g/mol. The zero-order valence-electron chi connectivity index (χ0n) is 14.6. The summed E-state index contributed by atoms with van der Waals surface area (Å²) in [6.07, 6.45) is 3.16. The molecule has 0 aliphatic heterocycles. The maximum absolute atomic E-state index is 12.9. The van der Waals surface area contributed by atoms with Gasteiger partial charge in [-0.1, -0.05) is 23.5 Å². The molecule has 0 aliphatic rings. The highest BCUT2D eigenvalue weighted by atomic mass is 32.2. The zero-order valence-corrected chi connectivity index (χ0v) is 16.2. The number of thiazole rings is 1. The van der Waals surface area contributed by atoms with Crippen LogP contribution in [0.2, 0.25) is 0 Å². The Hall–Kier alpha value is -2.84. The van der Waals surface area contributed by atoms with Gasteiger partial charge in [-0.05, 0) is 42.0 Å². The molecule has 3 aromatic heterocycles. The molecule has 0 radical (unpaired) electrons. The third-order valence-corrected chi connectivity index (χ3v) is 5.78. The van der Waals surface area contributed by atoms with E-state index in [1.54, 1.807) is 36.8 Å². The van der Waals surface area contributed by atoms with Gasteiger partial charge in [0, 0.05) is 5.75 Å². The molecule has 0 aliphatic carbocycles. The Morgan fingerprint density at radius 1 is 1.07 bits per heavy atom. The number of thioether (sulfide) groups is 1. The number of amides is 1. The summed E-state index contributed by atoms with van der Waals surface area (Å²) >= 11 is 2.78. The van der Waals surface area contributed by atoms with Crippen molar-refractivity contribution >= 4 is 34.1 Å². The summed E-state index contributed by atoms with van der Waals surface area (Å²) in [4.78, 5) is 17.6. The van der Waals surface area contributed by atoms with E-state index < -0.39 is 0 Å². The van der Waals surface area contributed by atoms with Crippen molar-refractivity contribution < 1.29 is 18.0 Å². The molecule has 0 spiro atoms. The van der Waals surface area contributed by atoms with Gasteiger partial charge in [-0.15, -0.1) is 11.8 Å². The number of nitrogens with zero attached hydrogens (tertiary/aromatic N) is 1. The molecule has 0 atom stereocenters. The Labute approximate surface area is 168 Å².